The molecular weight excluding hydrogens is 282 g/mol. The van der Waals surface area contributed by atoms with E-state index in [4.69, 9.17) is 10.3 Å². The molecule has 0 spiro atoms. The van der Waals surface area contributed by atoms with E-state index in [-0.39, 0.29) is 17.9 Å². The van der Waals surface area contributed by atoms with Gasteiger partial charge in [0.25, 0.3) is 0 Å². The van der Waals surface area contributed by atoms with E-state index in [2.05, 4.69) is 27.7 Å². The molecule has 2 aromatic heterocycles. The number of halogens is 1. The predicted molar refractivity (Wildman–Crippen MR) is 77.6 cm³/mol. The zero-order chi connectivity index (χ0) is 12.4. The summed E-state index contributed by atoms with van der Waals surface area (Å²) in [6, 6.07) is 4.19. The molecule has 1 aliphatic carbocycles. The fourth-order valence-electron chi connectivity index (χ4n) is 2.47. The molecule has 19 heavy (non-hydrogen) atoms. The lowest BCUT2D eigenvalue weighted by atomic mass is 9.99. The maximum atomic E-state index is 6.30. The second kappa shape index (κ2) is 6.03. The van der Waals surface area contributed by atoms with Crippen molar-refractivity contribution in [2.24, 2.45) is 5.73 Å². The van der Waals surface area contributed by atoms with Crippen molar-refractivity contribution in [3.05, 3.63) is 34.1 Å². The summed E-state index contributed by atoms with van der Waals surface area (Å²) in [6.07, 6.45) is 6.01. The smallest absolute Gasteiger partial charge is 0.227 e. The van der Waals surface area contributed by atoms with Gasteiger partial charge in [-0.25, -0.2) is 0 Å². The maximum Gasteiger partial charge on any atom is 0.227 e. The molecule has 2 heterocycles. The van der Waals surface area contributed by atoms with Crippen molar-refractivity contribution in [1.29, 1.82) is 0 Å². The number of rotatable bonds is 4. The fraction of sp³-hybridized carbons (Fsp3) is 0.538. The highest BCUT2D eigenvalue weighted by atomic mass is 35.5. The Hall–Kier alpha value is -0.910. The van der Waals surface area contributed by atoms with Crippen LogP contribution in [-0.4, -0.2) is 10.1 Å². The molecule has 2 N–H and O–H groups in total. The summed E-state index contributed by atoms with van der Waals surface area (Å²) in [5, 5.41) is 6.15. The van der Waals surface area contributed by atoms with Crippen LogP contribution in [0.15, 0.2) is 22.0 Å². The first-order valence-electron chi connectivity index (χ1n) is 6.41. The van der Waals surface area contributed by atoms with Gasteiger partial charge in [-0.2, -0.15) is 4.98 Å². The summed E-state index contributed by atoms with van der Waals surface area (Å²) < 4.78 is 5.30. The second-order valence-corrected chi connectivity index (χ2v) is 5.99. The van der Waals surface area contributed by atoms with Crippen LogP contribution in [0.5, 0.6) is 0 Å². The third kappa shape index (κ3) is 3.16. The van der Waals surface area contributed by atoms with E-state index in [9.17, 15) is 0 Å². The lowest BCUT2D eigenvalue weighted by molar-refractivity contribution is 0.348. The molecule has 1 aliphatic rings. The van der Waals surface area contributed by atoms with Crippen molar-refractivity contribution in [2.75, 3.05) is 0 Å². The predicted octanol–water partition coefficient (Wildman–Crippen LogP) is 3.07. The van der Waals surface area contributed by atoms with Crippen molar-refractivity contribution >= 4 is 23.7 Å². The van der Waals surface area contributed by atoms with Crippen LogP contribution < -0.4 is 5.73 Å². The van der Waals surface area contributed by atoms with Crippen molar-refractivity contribution < 1.29 is 4.52 Å². The Kier molecular flexibility index (Phi) is 4.60. The van der Waals surface area contributed by atoms with Crippen molar-refractivity contribution in [3.8, 4) is 0 Å². The van der Waals surface area contributed by atoms with Crippen LogP contribution in [0.2, 0.25) is 0 Å². The third-order valence-electron chi connectivity index (χ3n) is 3.57. The van der Waals surface area contributed by atoms with E-state index in [0.717, 1.165) is 38.5 Å². The molecule has 1 fully saturated rings. The Morgan fingerprint density at radius 1 is 1.32 bits per heavy atom. The normalized spacial score (nSPS) is 17.3. The fourth-order valence-corrected chi connectivity index (χ4v) is 3.18. The lowest BCUT2D eigenvalue weighted by Crippen LogP contribution is -2.34. The molecule has 4 nitrogen and oxygen atoms in total. The minimum atomic E-state index is -0.343. The summed E-state index contributed by atoms with van der Waals surface area (Å²) in [7, 11) is 0. The molecule has 0 bridgehead atoms. The summed E-state index contributed by atoms with van der Waals surface area (Å²) >= 11 is 1.76. The van der Waals surface area contributed by atoms with E-state index >= 15 is 0 Å². The van der Waals surface area contributed by atoms with Gasteiger partial charge < -0.3 is 10.3 Å². The molecule has 0 aromatic carbocycles. The van der Waals surface area contributed by atoms with Crippen LogP contribution in [0.3, 0.4) is 0 Å². The maximum absolute atomic E-state index is 6.30. The number of aryl methyl sites for hydroxylation is 2. The molecule has 0 atom stereocenters. The Morgan fingerprint density at radius 2 is 2.11 bits per heavy atom. The van der Waals surface area contributed by atoms with Crippen LogP contribution in [0, 0.1) is 0 Å². The van der Waals surface area contributed by atoms with Gasteiger partial charge in [0.05, 0.1) is 5.54 Å². The summed E-state index contributed by atoms with van der Waals surface area (Å²) in [5.74, 6) is 1.40. The van der Waals surface area contributed by atoms with Gasteiger partial charge in [-0.05, 0) is 30.7 Å². The summed E-state index contributed by atoms with van der Waals surface area (Å²) in [5.41, 5.74) is 5.96. The Morgan fingerprint density at radius 3 is 2.79 bits per heavy atom. The minimum Gasteiger partial charge on any atom is -0.339 e. The highest BCUT2D eigenvalue weighted by Crippen LogP contribution is 2.34. The molecule has 0 unspecified atom stereocenters. The number of hydrogen-bond acceptors (Lipinski definition) is 5. The van der Waals surface area contributed by atoms with Gasteiger partial charge in [0.15, 0.2) is 5.82 Å². The van der Waals surface area contributed by atoms with E-state index in [1.165, 1.54) is 4.88 Å². The number of hydrogen-bond donors (Lipinski definition) is 1. The van der Waals surface area contributed by atoms with E-state index in [1.807, 2.05) is 0 Å². The molecule has 6 heteroatoms. The minimum absolute atomic E-state index is 0. The van der Waals surface area contributed by atoms with E-state index in [0.29, 0.717) is 11.7 Å². The first-order valence-corrected chi connectivity index (χ1v) is 7.29. The van der Waals surface area contributed by atoms with Gasteiger partial charge in [0.1, 0.15) is 0 Å². The van der Waals surface area contributed by atoms with Crippen LogP contribution in [-0.2, 0) is 18.4 Å². The highest BCUT2D eigenvalue weighted by Gasteiger charge is 2.35. The third-order valence-corrected chi connectivity index (χ3v) is 4.51. The number of nitrogens with two attached hydrogens (primary N) is 1. The van der Waals surface area contributed by atoms with E-state index in [1.54, 1.807) is 11.3 Å². The molecule has 1 saturated carbocycles. The molecule has 0 aliphatic heterocycles. The summed E-state index contributed by atoms with van der Waals surface area (Å²) in [6.45, 7) is 0. The van der Waals surface area contributed by atoms with Gasteiger partial charge in [-0.1, -0.05) is 24.1 Å². The average Bonchev–Trinajstić information content (AvgIpc) is 3.08. The number of nitrogens with zero attached hydrogens (tertiary/aromatic N) is 2. The molecule has 3 rings (SSSR count). The zero-order valence-corrected chi connectivity index (χ0v) is 12.3. The van der Waals surface area contributed by atoms with Crippen LogP contribution >= 0.6 is 23.7 Å². The van der Waals surface area contributed by atoms with Gasteiger partial charge in [-0.3, -0.25) is 0 Å². The summed E-state index contributed by atoms with van der Waals surface area (Å²) in [4.78, 5) is 5.81. The molecule has 0 amide bonds. The SMILES string of the molecule is Cl.NC1(c2noc(CCc3cccs3)n2)CCCC1. The first kappa shape index (κ1) is 14.5. The average molecular weight is 300 g/mol. The van der Waals surface area contributed by atoms with Gasteiger partial charge in [-0.15, -0.1) is 23.7 Å². The highest BCUT2D eigenvalue weighted by molar-refractivity contribution is 7.09. The number of thiophene rings is 1. The van der Waals surface area contributed by atoms with Gasteiger partial charge >= 0.3 is 0 Å². The second-order valence-electron chi connectivity index (χ2n) is 4.95. The first-order chi connectivity index (χ1) is 8.76. The molecule has 104 valence electrons. The van der Waals surface area contributed by atoms with Crippen molar-refractivity contribution in [1.82, 2.24) is 10.1 Å². The standard InChI is InChI=1S/C13H17N3OS.ClH/c14-13(7-1-2-8-13)12-15-11(17-16-12)6-5-10-4-3-9-18-10;/h3-4,9H,1-2,5-8,14H2;1H. The van der Waals surface area contributed by atoms with Crippen LogP contribution in [0.4, 0.5) is 0 Å². The van der Waals surface area contributed by atoms with Gasteiger partial charge in [0, 0.05) is 11.3 Å². The lowest BCUT2D eigenvalue weighted by Gasteiger charge is -2.17. The number of aromatic nitrogens is 2. The van der Waals surface area contributed by atoms with E-state index < -0.39 is 0 Å². The Bertz CT molecular complexity index is 506. The molecule has 0 saturated heterocycles. The quantitative estimate of drug-likeness (QED) is 0.942. The monoisotopic (exact) mass is 299 g/mol. The van der Waals surface area contributed by atoms with Crippen LogP contribution in [0.1, 0.15) is 42.3 Å². The van der Waals surface area contributed by atoms with Gasteiger partial charge in [0.2, 0.25) is 5.89 Å². The zero-order valence-electron chi connectivity index (χ0n) is 10.7. The van der Waals surface area contributed by atoms with Crippen LogP contribution in [0.25, 0.3) is 0 Å². The molecule has 0 radical (unpaired) electrons. The molecule has 2 aromatic rings. The Labute approximate surface area is 122 Å². The van der Waals surface area contributed by atoms with Crippen molar-refractivity contribution in [3.63, 3.8) is 0 Å². The largest absolute Gasteiger partial charge is 0.339 e. The molecular formula is C13H18ClN3OS. The van der Waals surface area contributed by atoms with Crippen molar-refractivity contribution in [2.45, 2.75) is 44.1 Å². The topological polar surface area (TPSA) is 64.9 Å². The Balaban J connectivity index is 0.00000133.